The van der Waals surface area contributed by atoms with Crippen molar-refractivity contribution in [3.63, 3.8) is 0 Å². The van der Waals surface area contributed by atoms with Crippen molar-refractivity contribution in [2.75, 3.05) is 20.6 Å². The topological polar surface area (TPSA) is 50.4 Å². The highest BCUT2D eigenvalue weighted by molar-refractivity contribution is 5.67. The lowest BCUT2D eigenvalue weighted by Gasteiger charge is -2.20. The van der Waals surface area contributed by atoms with Crippen LogP contribution in [0.1, 0.15) is 34.6 Å². The Hall–Kier alpha value is -0.770. The van der Waals surface area contributed by atoms with Crippen molar-refractivity contribution in [3.8, 4) is 0 Å². The zero-order valence-electron chi connectivity index (χ0n) is 11.1. The molecule has 0 spiro atoms. The molecule has 15 heavy (non-hydrogen) atoms. The van der Waals surface area contributed by atoms with Crippen LogP contribution in [-0.4, -0.2) is 32.3 Å². The van der Waals surface area contributed by atoms with E-state index in [9.17, 15) is 4.79 Å². The van der Waals surface area contributed by atoms with Gasteiger partial charge in [-0.15, -0.1) is 0 Å². The van der Waals surface area contributed by atoms with Gasteiger partial charge >= 0.3 is 6.09 Å². The van der Waals surface area contributed by atoms with Gasteiger partial charge in [-0.25, -0.2) is 4.79 Å². The summed E-state index contributed by atoms with van der Waals surface area (Å²) in [5.74, 6) is 0.456. The zero-order chi connectivity index (χ0) is 12.5. The van der Waals surface area contributed by atoms with Crippen LogP contribution in [0.4, 0.5) is 4.79 Å². The molecule has 0 aliphatic heterocycles. The average molecular weight is 218 g/mol. The molecule has 0 unspecified atom stereocenters. The maximum absolute atomic E-state index is 11.0. The second kappa shape index (κ2) is 8.53. The van der Waals surface area contributed by atoms with Gasteiger partial charge < -0.3 is 15.4 Å². The summed E-state index contributed by atoms with van der Waals surface area (Å²) in [6, 6.07) is 0. The lowest BCUT2D eigenvalue weighted by Crippen LogP contribution is -2.34. The molecule has 92 valence electrons. The van der Waals surface area contributed by atoms with Gasteiger partial charge in [0.2, 0.25) is 0 Å². The second-order valence-corrected chi connectivity index (χ2v) is 4.78. The largest absolute Gasteiger partial charge is 0.444 e. The van der Waals surface area contributed by atoms with E-state index in [0.717, 1.165) is 0 Å². The molecule has 0 atom stereocenters. The first-order chi connectivity index (χ1) is 6.72. The van der Waals surface area contributed by atoms with E-state index in [1.807, 2.05) is 48.7 Å². The minimum absolute atomic E-state index is 0.337. The third-order valence-corrected chi connectivity index (χ3v) is 1.05. The molecule has 0 aliphatic carbocycles. The van der Waals surface area contributed by atoms with Gasteiger partial charge in [-0.3, -0.25) is 0 Å². The third-order valence-electron chi connectivity index (χ3n) is 1.05. The Morgan fingerprint density at radius 1 is 1.27 bits per heavy atom. The smallest absolute Gasteiger partial charge is 0.407 e. The quantitative estimate of drug-likeness (QED) is 0.745. The van der Waals surface area contributed by atoms with E-state index in [0.29, 0.717) is 12.5 Å². The summed E-state index contributed by atoms with van der Waals surface area (Å²) in [5, 5.41) is 5.43. The van der Waals surface area contributed by atoms with Crippen LogP contribution in [0.15, 0.2) is 0 Å². The Balaban J connectivity index is 0. The predicted octanol–water partition coefficient (Wildman–Crippen LogP) is 2.00. The van der Waals surface area contributed by atoms with E-state index >= 15 is 0 Å². The minimum Gasteiger partial charge on any atom is -0.444 e. The molecule has 2 N–H and O–H groups in total. The first kappa shape index (κ1) is 16.7. The maximum atomic E-state index is 11.0. The average Bonchev–Trinajstić information content (AvgIpc) is 1.99. The monoisotopic (exact) mass is 218 g/mol. The van der Waals surface area contributed by atoms with E-state index < -0.39 is 5.60 Å². The Kier molecular flexibility index (Phi) is 9.47. The van der Waals surface area contributed by atoms with Crippen molar-refractivity contribution in [2.45, 2.75) is 40.2 Å². The lowest BCUT2D eigenvalue weighted by atomic mass is 10.2. The minimum atomic E-state index is -0.402. The van der Waals surface area contributed by atoms with E-state index in [1.165, 1.54) is 0 Å². The van der Waals surface area contributed by atoms with Crippen molar-refractivity contribution >= 4 is 6.09 Å². The molecule has 0 rings (SSSR count). The summed E-state index contributed by atoms with van der Waals surface area (Å²) in [6.45, 7) is 10.3. The van der Waals surface area contributed by atoms with Gasteiger partial charge in [0.1, 0.15) is 5.60 Å². The Bertz CT molecular complexity index is 162. The van der Waals surface area contributed by atoms with Gasteiger partial charge in [-0.1, -0.05) is 13.8 Å². The van der Waals surface area contributed by atoms with Gasteiger partial charge in [0.15, 0.2) is 0 Å². The predicted molar refractivity (Wildman–Crippen MR) is 64.1 cm³/mol. The standard InChI is InChI=1S/C9H19NO2.C2H7N/c1-7(2)6-10-8(11)12-9(3,4)5;1-3-2/h7H,6H2,1-5H3,(H,10,11);3H,1-2H3. The molecule has 0 radical (unpaired) electrons. The molecule has 1 amide bonds. The number of ether oxygens (including phenoxy) is 1. The van der Waals surface area contributed by atoms with Gasteiger partial charge in [-0.05, 0) is 40.8 Å². The van der Waals surface area contributed by atoms with Crippen LogP contribution in [0.5, 0.6) is 0 Å². The number of nitrogens with one attached hydrogen (secondary N) is 2. The van der Waals surface area contributed by atoms with Crippen LogP contribution in [0.3, 0.4) is 0 Å². The van der Waals surface area contributed by atoms with Gasteiger partial charge in [-0.2, -0.15) is 0 Å². The van der Waals surface area contributed by atoms with Crippen molar-refractivity contribution < 1.29 is 9.53 Å². The van der Waals surface area contributed by atoms with Crippen LogP contribution in [0.2, 0.25) is 0 Å². The molecule has 4 nitrogen and oxygen atoms in total. The Morgan fingerprint density at radius 3 is 1.93 bits per heavy atom. The number of rotatable bonds is 2. The first-order valence-electron chi connectivity index (χ1n) is 5.28. The fourth-order valence-electron chi connectivity index (χ4n) is 0.602. The fraction of sp³-hybridized carbons (Fsp3) is 0.909. The third kappa shape index (κ3) is 19.6. The molecule has 0 bridgehead atoms. The van der Waals surface area contributed by atoms with Crippen LogP contribution in [0, 0.1) is 5.92 Å². The summed E-state index contributed by atoms with van der Waals surface area (Å²) in [7, 11) is 3.75. The summed E-state index contributed by atoms with van der Waals surface area (Å²) in [5.41, 5.74) is -0.402. The molecule has 0 aromatic heterocycles. The van der Waals surface area contributed by atoms with Crippen molar-refractivity contribution in [2.24, 2.45) is 5.92 Å². The Morgan fingerprint density at radius 2 is 1.67 bits per heavy atom. The first-order valence-corrected chi connectivity index (χ1v) is 5.28. The van der Waals surface area contributed by atoms with Gasteiger partial charge in [0.25, 0.3) is 0 Å². The normalized spacial score (nSPS) is 10.4. The lowest BCUT2D eigenvalue weighted by molar-refractivity contribution is 0.0521. The van der Waals surface area contributed by atoms with Gasteiger partial charge in [0.05, 0.1) is 0 Å². The fourth-order valence-corrected chi connectivity index (χ4v) is 0.602. The highest BCUT2D eigenvalue weighted by Crippen LogP contribution is 2.06. The Labute approximate surface area is 93.8 Å². The molecular weight excluding hydrogens is 192 g/mol. The molecule has 0 saturated heterocycles. The van der Waals surface area contributed by atoms with Crippen LogP contribution in [0.25, 0.3) is 0 Å². The second-order valence-electron chi connectivity index (χ2n) is 4.78. The number of hydrogen-bond donors (Lipinski definition) is 2. The van der Waals surface area contributed by atoms with E-state index in [1.54, 1.807) is 0 Å². The number of carbonyl (C=O) groups is 1. The van der Waals surface area contributed by atoms with Crippen molar-refractivity contribution in [3.05, 3.63) is 0 Å². The molecule has 4 heteroatoms. The highest BCUT2D eigenvalue weighted by Gasteiger charge is 2.15. The molecule has 0 saturated carbocycles. The van der Waals surface area contributed by atoms with Crippen LogP contribution in [-0.2, 0) is 4.74 Å². The number of carbonyl (C=O) groups excluding carboxylic acids is 1. The summed E-state index contributed by atoms with van der Waals surface area (Å²) < 4.78 is 5.04. The van der Waals surface area contributed by atoms with E-state index in [2.05, 4.69) is 10.6 Å². The number of alkyl carbamates (subject to hydrolysis) is 1. The van der Waals surface area contributed by atoms with Crippen LogP contribution >= 0.6 is 0 Å². The summed E-state index contributed by atoms with van der Waals surface area (Å²) >= 11 is 0. The van der Waals surface area contributed by atoms with Crippen molar-refractivity contribution in [1.29, 1.82) is 0 Å². The molecule has 0 aliphatic rings. The zero-order valence-corrected chi connectivity index (χ0v) is 11.1. The summed E-state index contributed by atoms with van der Waals surface area (Å²) in [4.78, 5) is 11.0. The van der Waals surface area contributed by atoms with E-state index in [4.69, 9.17) is 4.74 Å². The molecular formula is C11H26N2O2. The molecule has 0 fully saturated rings. The molecule has 0 aromatic carbocycles. The molecule has 0 heterocycles. The van der Waals surface area contributed by atoms with E-state index in [-0.39, 0.29) is 6.09 Å². The highest BCUT2D eigenvalue weighted by atomic mass is 16.6. The van der Waals surface area contributed by atoms with Crippen LogP contribution < -0.4 is 10.6 Å². The summed E-state index contributed by atoms with van der Waals surface area (Å²) in [6.07, 6.45) is -0.337. The number of hydrogen-bond acceptors (Lipinski definition) is 3. The SMILES string of the molecule is CC(C)CNC(=O)OC(C)(C)C.CNC. The van der Waals surface area contributed by atoms with Crippen molar-refractivity contribution in [1.82, 2.24) is 10.6 Å². The maximum Gasteiger partial charge on any atom is 0.407 e. The van der Waals surface area contributed by atoms with Gasteiger partial charge in [0, 0.05) is 6.54 Å². The number of amides is 1. The molecule has 0 aromatic rings.